The van der Waals surface area contributed by atoms with Crippen molar-refractivity contribution in [1.29, 1.82) is 0 Å². The molecule has 0 saturated carbocycles. The maximum atomic E-state index is 13.2. The molecule has 23 heavy (non-hydrogen) atoms. The fourth-order valence-electron chi connectivity index (χ4n) is 1.78. The molecule has 1 aromatic carbocycles. The predicted molar refractivity (Wildman–Crippen MR) is 84.9 cm³/mol. The van der Waals surface area contributed by atoms with E-state index in [1.807, 2.05) is 0 Å². The third-order valence-electron chi connectivity index (χ3n) is 2.96. The van der Waals surface area contributed by atoms with Crippen LogP contribution in [0.15, 0.2) is 41.4 Å². The zero-order valence-corrected chi connectivity index (χ0v) is 15.2. The van der Waals surface area contributed by atoms with Crippen LogP contribution < -0.4 is 8.83 Å². The van der Waals surface area contributed by atoms with Crippen molar-refractivity contribution < 1.29 is 22.7 Å². The van der Waals surface area contributed by atoms with Gasteiger partial charge >= 0.3 is 139 Å². The molecule has 0 aliphatic heterocycles. The van der Waals surface area contributed by atoms with Gasteiger partial charge in [0.25, 0.3) is 0 Å². The first-order valence-electron chi connectivity index (χ1n) is 6.40. The minimum atomic E-state index is -3.57. The van der Waals surface area contributed by atoms with Gasteiger partial charge in [-0.1, -0.05) is 0 Å². The van der Waals surface area contributed by atoms with E-state index in [2.05, 4.69) is 4.98 Å². The van der Waals surface area contributed by atoms with E-state index < -0.39 is 37.6 Å². The molecule has 0 fully saturated rings. The fraction of sp³-hybridized carbons (Fsp3) is 0.143. The number of aromatic nitrogens is 1. The molecule has 0 aliphatic carbocycles. The maximum absolute atomic E-state index is 13.2. The molecule has 2 rings (SSSR count). The SMILES string of the molecule is CN(C)S(=O)(=O)c1cccc([AsH]c2ncc(F)cc2C(=O)O)c1. The zero-order chi connectivity index (χ0) is 17.2. The number of carbonyl (C=O) groups is 1. The van der Waals surface area contributed by atoms with Crippen LogP contribution in [0, 0.1) is 5.82 Å². The van der Waals surface area contributed by atoms with E-state index in [1.54, 1.807) is 12.1 Å². The van der Waals surface area contributed by atoms with Gasteiger partial charge in [-0.05, 0) is 0 Å². The number of hydrogen-bond donors (Lipinski definition) is 1. The Kier molecular flexibility index (Phi) is 5.19. The first-order chi connectivity index (χ1) is 10.7. The van der Waals surface area contributed by atoms with Crippen LogP contribution in [0.4, 0.5) is 4.39 Å². The van der Waals surface area contributed by atoms with Crippen molar-refractivity contribution in [2.24, 2.45) is 0 Å². The van der Waals surface area contributed by atoms with Gasteiger partial charge in [0, 0.05) is 0 Å². The zero-order valence-electron chi connectivity index (χ0n) is 12.3. The summed E-state index contributed by atoms with van der Waals surface area (Å²) < 4.78 is 39.5. The number of hydrogen-bond acceptors (Lipinski definition) is 4. The number of pyridine rings is 1. The van der Waals surface area contributed by atoms with Crippen molar-refractivity contribution in [1.82, 2.24) is 9.29 Å². The first-order valence-corrected chi connectivity index (χ1v) is 9.94. The number of carboxylic acid groups (broad SMARTS) is 1. The summed E-state index contributed by atoms with van der Waals surface area (Å²) in [5, 5.41) is 9.14. The normalized spacial score (nSPS) is 12.2. The summed E-state index contributed by atoms with van der Waals surface area (Å²) in [6.07, 6.45) is 0.964. The van der Waals surface area contributed by atoms with Gasteiger partial charge in [0.2, 0.25) is 0 Å². The number of nitrogens with zero attached hydrogens (tertiary/aromatic N) is 2. The van der Waals surface area contributed by atoms with Crippen LogP contribution in [0.5, 0.6) is 0 Å². The Bertz CT molecular complexity index is 856. The van der Waals surface area contributed by atoms with Gasteiger partial charge in [-0.2, -0.15) is 0 Å². The molecule has 0 spiro atoms. The third-order valence-corrected chi connectivity index (χ3v) is 7.36. The predicted octanol–water partition coefficient (Wildman–Crippen LogP) is -0.444. The molecule has 2 aromatic rings. The monoisotopic (exact) mass is 400 g/mol. The van der Waals surface area contributed by atoms with Crippen molar-refractivity contribution >= 4 is 40.6 Å². The quantitative estimate of drug-likeness (QED) is 0.688. The molecule has 0 saturated heterocycles. The summed E-state index contributed by atoms with van der Waals surface area (Å²) in [4.78, 5) is 15.2. The minimum absolute atomic E-state index is 0.128. The van der Waals surface area contributed by atoms with Gasteiger partial charge in [-0.25, -0.2) is 0 Å². The Morgan fingerprint density at radius 2 is 2.00 bits per heavy atom. The van der Waals surface area contributed by atoms with E-state index in [4.69, 9.17) is 5.11 Å². The molecule has 122 valence electrons. The fourth-order valence-corrected chi connectivity index (χ4v) is 5.31. The van der Waals surface area contributed by atoms with Gasteiger partial charge in [0.1, 0.15) is 0 Å². The molecule has 1 unspecified atom stereocenters. The second kappa shape index (κ2) is 6.78. The molecule has 1 aromatic heterocycles. The van der Waals surface area contributed by atoms with E-state index in [0.717, 1.165) is 16.6 Å². The van der Waals surface area contributed by atoms with Crippen LogP contribution in [-0.4, -0.2) is 58.6 Å². The molecule has 0 radical (unpaired) electrons. The Labute approximate surface area is 139 Å². The molecular weight excluding hydrogens is 386 g/mol. The van der Waals surface area contributed by atoms with Gasteiger partial charge in [0.15, 0.2) is 0 Å². The van der Waals surface area contributed by atoms with E-state index in [0.29, 0.717) is 8.83 Å². The van der Waals surface area contributed by atoms with Crippen LogP contribution >= 0.6 is 0 Å². The Morgan fingerprint density at radius 1 is 1.30 bits per heavy atom. The van der Waals surface area contributed by atoms with Crippen molar-refractivity contribution in [2.45, 2.75) is 4.90 Å². The number of sulfonamides is 1. The molecule has 1 atom stereocenters. The topological polar surface area (TPSA) is 87.6 Å². The van der Waals surface area contributed by atoms with Gasteiger partial charge in [0.05, 0.1) is 0 Å². The second-order valence-electron chi connectivity index (χ2n) is 4.80. The molecule has 9 heteroatoms. The second-order valence-corrected chi connectivity index (χ2v) is 9.68. The molecule has 1 heterocycles. The van der Waals surface area contributed by atoms with E-state index in [9.17, 15) is 17.6 Å². The molecular formula is C14H14AsFN2O4S. The summed E-state index contributed by atoms with van der Waals surface area (Å²) in [6.45, 7) is 0. The summed E-state index contributed by atoms with van der Waals surface area (Å²) in [5.74, 6) is -1.98. The summed E-state index contributed by atoms with van der Waals surface area (Å²) in [7, 11) is -0.702. The number of halogens is 1. The van der Waals surface area contributed by atoms with Crippen LogP contribution in [0.2, 0.25) is 0 Å². The first kappa shape index (κ1) is 17.6. The van der Waals surface area contributed by atoms with Crippen molar-refractivity contribution in [2.75, 3.05) is 14.1 Å². The van der Waals surface area contributed by atoms with Gasteiger partial charge < -0.3 is 0 Å². The van der Waals surface area contributed by atoms with Gasteiger partial charge in [-0.3, -0.25) is 0 Å². The summed E-state index contributed by atoms with van der Waals surface area (Å²) >= 11 is -1.22. The van der Waals surface area contributed by atoms with Crippen LogP contribution in [-0.2, 0) is 10.0 Å². The number of carboxylic acids is 1. The molecule has 0 bridgehead atoms. The average Bonchev–Trinajstić information content (AvgIpc) is 2.49. The van der Waals surface area contributed by atoms with Crippen molar-refractivity contribution in [3.05, 3.63) is 47.9 Å². The van der Waals surface area contributed by atoms with E-state index in [-0.39, 0.29) is 10.5 Å². The number of aromatic carboxylic acids is 1. The van der Waals surface area contributed by atoms with Crippen molar-refractivity contribution in [3.63, 3.8) is 0 Å². The molecule has 6 nitrogen and oxygen atoms in total. The Hall–Kier alpha value is -1.76. The van der Waals surface area contributed by atoms with Gasteiger partial charge in [-0.15, -0.1) is 0 Å². The van der Waals surface area contributed by atoms with Crippen LogP contribution in [0.25, 0.3) is 0 Å². The molecule has 0 amide bonds. The molecule has 1 N–H and O–H groups in total. The average molecular weight is 400 g/mol. The van der Waals surface area contributed by atoms with E-state index in [1.165, 1.54) is 26.2 Å². The van der Waals surface area contributed by atoms with E-state index >= 15 is 0 Å². The Balaban J connectivity index is 2.41. The number of benzene rings is 1. The summed E-state index contributed by atoms with van der Waals surface area (Å²) in [5.41, 5.74) is -0.189. The number of rotatable bonds is 5. The standard InChI is InChI=1S/C14H14AsFN2O4S/c1-18(2)23(21,22)11-5-3-4-9(6-11)15-13-12(14(19)20)7-10(16)8-17-13/h3-8,15H,1-2H3,(H,19,20). The Morgan fingerprint density at radius 3 is 2.61 bits per heavy atom. The third kappa shape index (κ3) is 3.96. The van der Waals surface area contributed by atoms with Crippen LogP contribution in [0.1, 0.15) is 10.4 Å². The van der Waals surface area contributed by atoms with Crippen molar-refractivity contribution in [3.8, 4) is 0 Å². The molecule has 0 aliphatic rings. The summed E-state index contributed by atoms with van der Waals surface area (Å²) in [6, 6.07) is 7.21. The van der Waals surface area contributed by atoms with Crippen LogP contribution in [0.3, 0.4) is 0 Å².